The summed E-state index contributed by atoms with van der Waals surface area (Å²) >= 11 is 0. The Morgan fingerprint density at radius 2 is 1.90 bits per heavy atom. The lowest BCUT2D eigenvalue weighted by Crippen LogP contribution is -2.30. The third-order valence-corrected chi connectivity index (χ3v) is 4.77. The maximum absolute atomic E-state index is 13.0. The molecule has 0 unspecified atom stereocenters. The van der Waals surface area contributed by atoms with Gasteiger partial charge in [0.25, 0.3) is 5.91 Å². The number of benzene rings is 2. The number of hydrogen-bond donors (Lipinski definition) is 1. The van der Waals surface area contributed by atoms with E-state index in [-0.39, 0.29) is 0 Å². The van der Waals surface area contributed by atoms with Gasteiger partial charge >= 0.3 is 5.97 Å². The van der Waals surface area contributed by atoms with Gasteiger partial charge in [-0.1, -0.05) is 31.2 Å². The van der Waals surface area contributed by atoms with E-state index in [1.165, 1.54) is 0 Å². The molecule has 0 aliphatic rings. The minimum Gasteiger partial charge on any atom is -0.497 e. The quantitative estimate of drug-likeness (QED) is 0.633. The highest BCUT2D eigenvalue weighted by atomic mass is 16.5. The van der Waals surface area contributed by atoms with E-state index in [0.29, 0.717) is 28.8 Å². The Kier molecular flexibility index (Phi) is 6.12. The summed E-state index contributed by atoms with van der Waals surface area (Å²) in [6.45, 7) is 5.39. The fraction of sp³-hybridized carbons (Fsp3) is 0.261. The number of methoxy groups -OCH3 is 1. The predicted octanol–water partition coefficient (Wildman–Crippen LogP) is 4.30. The topological polar surface area (TPSA) is 77.5 Å². The summed E-state index contributed by atoms with van der Waals surface area (Å²) < 4.78 is 10.7. The summed E-state index contributed by atoms with van der Waals surface area (Å²) in [6.07, 6.45) is -0.270. The predicted molar refractivity (Wildman–Crippen MR) is 112 cm³/mol. The molecule has 6 heteroatoms. The molecule has 0 saturated carbocycles. The number of fused-ring (bicyclic) bond motifs is 1. The second-order valence-corrected chi connectivity index (χ2v) is 6.70. The number of aryl methyl sites for hydroxylation is 1. The summed E-state index contributed by atoms with van der Waals surface area (Å²) in [6, 6.07) is 14.4. The molecular formula is C23H24N2O4. The molecular weight excluding hydrogens is 368 g/mol. The van der Waals surface area contributed by atoms with Crippen LogP contribution in [-0.4, -0.2) is 30.1 Å². The van der Waals surface area contributed by atoms with Crippen LogP contribution in [0.15, 0.2) is 48.5 Å². The normalized spacial score (nSPS) is 11.7. The molecule has 1 N–H and O–H groups in total. The third-order valence-electron chi connectivity index (χ3n) is 4.77. The minimum absolute atomic E-state index is 0.418. The first-order valence-electron chi connectivity index (χ1n) is 9.48. The summed E-state index contributed by atoms with van der Waals surface area (Å²) in [7, 11) is 1.55. The molecule has 0 fully saturated rings. The van der Waals surface area contributed by atoms with Gasteiger partial charge in [0.05, 0.1) is 18.2 Å². The van der Waals surface area contributed by atoms with Gasteiger partial charge in [-0.3, -0.25) is 9.78 Å². The van der Waals surface area contributed by atoms with E-state index < -0.39 is 18.0 Å². The zero-order valence-corrected chi connectivity index (χ0v) is 17.0. The van der Waals surface area contributed by atoms with Crippen molar-refractivity contribution in [1.29, 1.82) is 0 Å². The second kappa shape index (κ2) is 8.73. The largest absolute Gasteiger partial charge is 0.497 e. The van der Waals surface area contributed by atoms with Gasteiger partial charge in [0.15, 0.2) is 6.10 Å². The Morgan fingerprint density at radius 3 is 2.62 bits per heavy atom. The number of hydrogen-bond acceptors (Lipinski definition) is 5. The highest BCUT2D eigenvalue weighted by Crippen LogP contribution is 2.25. The Balaban J connectivity index is 1.82. The van der Waals surface area contributed by atoms with E-state index >= 15 is 0 Å². The van der Waals surface area contributed by atoms with Gasteiger partial charge in [0.1, 0.15) is 5.75 Å². The van der Waals surface area contributed by atoms with Gasteiger partial charge < -0.3 is 14.8 Å². The number of carbonyl (C=O) groups is 2. The number of nitrogens with one attached hydrogen (secondary N) is 1. The van der Waals surface area contributed by atoms with Gasteiger partial charge in [0, 0.05) is 22.8 Å². The Hall–Kier alpha value is -3.41. The Morgan fingerprint density at radius 1 is 1.14 bits per heavy atom. The number of anilines is 1. The number of aromatic nitrogens is 1. The highest BCUT2D eigenvalue weighted by Gasteiger charge is 2.23. The minimum atomic E-state index is -0.967. The smallest absolute Gasteiger partial charge is 0.339 e. The first-order chi connectivity index (χ1) is 13.9. The van der Waals surface area contributed by atoms with E-state index in [4.69, 9.17) is 9.47 Å². The van der Waals surface area contributed by atoms with Crippen molar-refractivity contribution in [3.8, 4) is 5.75 Å². The molecule has 29 heavy (non-hydrogen) atoms. The summed E-state index contributed by atoms with van der Waals surface area (Å²) in [4.78, 5) is 30.1. The molecule has 0 aliphatic heterocycles. The van der Waals surface area contributed by atoms with Gasteiger partial charge in [-0.15, -0.1) is 0 Å². The van der Waals surface area contributed by atoms with Crippen molar-refractivity contribution in [3.05, 3.63) is 65.4 Å². The third kappa shape index (κ3) is 4.37. The number of amides is 1. The highest BCUT2D eigenvalue weighted by molar-refractivity contribution is 6.06. The second-order valence-electron chi connectivity index (χ2n) is 6.70. The monoisotopic (exact) mass is 392 g/mol. The Labute approximate surface area is 169 Å². The summed E-state index contributed by atoms with van der Waals surface area (Å²) in [5, 5.41) is 3.45. The molecule has 150 valence electrons. The fourth-order valence-electron chi connectivity index (χ4n) is 3.18. The van der Waals surface area contributed by atoms with Crippen molar-refractivity contribution in [2.24, 2.45) is 0 Å². The number of carbonyl (C=O) groups excluding carboxylic acids is 2. The van der Waals surface area contributed by atoms with E-state index in [2.05, 4.69) is 10.3 Å². The number of esters is 1. The van der Waals surface area contributed by atoms with Gasteiger partial charge in [0.2, 0.25) is 0 Å². The number of pyridine rings is 1. The van der Waals surface area contributed by atoms with Crippen LogP contribution >= 0.6 is 0 Å². The van der Waals surface area contributed by atoms with Crippen molar-refractivity contribution in [3.63, 3.8) is 0 Å². The van der Waals surface area contributed by atoms with E-state index in [0.717, 1.165) is 16.8 Å². The number of nitrogens with zero attached hydrogens (tertiary/aromatic N) is 1. The average Bonchev–Trinajstić information content (AvgIpc) is 2.73. The lowest BCUT2D eigenvalue weighted by atomic mass is 10.0. The Bertz CT molecular complexity index is 1060. The van der Waals surface area contributed by atoms with Crippen LogP contribution in [0.4, 0.5) is 5.69 Å². The molecule has 2 aromatic carbocycles. The number of ether oxygens (including phenoxy) is 2. The molecule has 6 nitrogen and oxygen atoms in total. The summed E-state index contributed by atoms with van der Waals surface area (Å²) in [5.41, 5.74) is 3.36. The van der Waals surface area contributed by atoms with Crippen molar-refractivity contribution < 1.29 is 19.1 Å². The van der Waals surface area contributed by atoms with Crippen molar-refractivity contribution >= 4 is 28.5 Å². The van der Waals surface area contributed by atoms with E-state index in [1.54, 1.807) is 38.3 Å². The standard InChI is InChI=1S/C23H24N2O4/c1-5-19-14(2)21(18-11-6-7-12-20(18)25-19)23(27)29-15(3)22(26)24-16-9-8-10-17(13-16)28-4/h6-13,15H,5H2,1-4H3,(H,24,26)/t15-/m0/s1. The van der Waals surface area contributed by atoms with E-state index in [1.807, 2.05) is 38.1 Å². The molecule has 0 bridgehead atoms. The molecule has 0 aliphatic carbocycles. The number of rotatable bonds is 6. The zero-order valence-electron chi connectivity index (χ0n) is 17.0. The lowest BCUT2D eigenvalue weighted by molar-refractivity contribution is -0.123. The van der Waals surface area contributed by atoms with Crippen LogP contribution in [0.3, 0.4) is 0 Å². The molecule has 1 heterocycles. The molecule has 1 atom stereocenters. The molecule has 1 aromatic heterocycles. The van der Waals surface area contributed by atoms with Crippen molar-refractivity contribution in [1.82, 2.24) is 4.98 Å². The van der Waals surface area contributed by atoms with Gasteiger partial charge in [-0.25, -0.2) is 4.79 Å². The molecule has 3 aromatic rings. The van der Waals surface area contributed by atoms with Gasteiger partial charge in [-0.05, 0) is 44.0 Å². The number of para-hydroxylation sites is 1. The first-order valence-corrected chi connectivity index (χ1v) is 9.48. The maximum atomic E-state index is 13.0. The van der Waals surface area contributed by atoms with E-state index in [9.17, 15) is 9.59 Å². The molecule has 0 saturated heterocycles. The molecule has 1 amide bonds. The molecule has 0 spiro atoms. The van der Waals surface area contributed by atoms with Crippen molar-refractivity contribution in [2.75, 3.05) is 12.4 Å². The van der Waals surface area contributed by atoms with Crippen LogP contribution in [0.5, 0.6) is 5.75 Å². The molecule has 3 rings (SSSR count). The maximum Gasteiger partial charge on any atom is 0.339 e. The van der Waals surface area contributed by atoms with Crippen LogP contribution < -0.4 is 10.1 Å². The van der Waals surface area contributed by atoms with Crippen LogP contribution in [0.25, 0.3) is 10.9 Å². The lowest BCUT2D eigenvalue weighted by Gasteiger charge is -2.17. The SMILES string of the molecule is CCc1nc2ccccc2c(C(=O)O[C@@H](C)C(=O)Nc2cccc(OC)c2)c1C. The van der Waals surface area contributed by atoms with Gasteiger partial charge in [-0.2, -0.15) is 0 Å². The van der Waals surface area contributed by atoms with Crippen LogP contribution in [-0.2, 0) is 16.0 Å². The van der Waals surface area contributed by atoms with Crippen LogP contribution in [0.1, 0.15) is 35.5 Å². The average molecular weight is 392 g/mol. The molecule has 0 radical (unpaired) electrons. The van der Waals surface area contributed by atoms with Crippen LogP contribution in [0, 0.1) is 6.92 Å². The fourth-order valence-corrected chi connectivity index (χ4v) is 3.18. The van der Waals surface area contributed by atoms with Crippen LogP contribution in [0.2, 0.25) is 0 Å². The first kappa shape index (κ1) is 20.3. The van der Waals surface area contributed by atoms with Crippen molar-refractivity contribution in [2.45, 2.75) is 33.3 Å². The zero-order chi connectivity index (χ0) is 21.0. The summed E-state index contributed by atoms with van der Waals surface area (Å²) in [5.74, 6) is -0.333.